The van der Waals surface area contributed by atoms with Crippen molar-refractivity contribution in [2.75, 3.05) is 38.7 Å². The number of sulfonamides is 1. The zero-order valence-corrected chi connectivity index (χ0v) is 17.4. The Kier molecular flexibility index (Phi) is 7.35. The number of rotatable bonds is 8. The Morgan fingerprint density at radius 1 is 1.20 bits per heavy atom. The fraction of sp³-hybridized carbons (Fsp3) is 0.400. The van der Waals surface area contributed by atoms with Crippen LogP contribution in [0.15, 0.2) is 47.5 Å². The van der Waals surface area contributed by atoms with Crippen LogP contribution in [-0.4, -0.2) is 57.0 Å². The van der Waals surface area contributed by atoms with Crippen molar-refractivity contribution in [3.8, 4) is 5.88 Å². The zero-order valence-electron chi connectivity index (χ0n) is 16.6. The molecular formula is C20H24FN3O5S. The first kappa shape index (κ1) is 22.1. The Labute approximate surface area is 175 Å². The summed E-state index contributed by atoms with van der Waals surface area (Å²) in [6, 6.07) is 8.63. The third-order valence-electron chi connectivity index (χ3n) is 4.82. The number of carbonyl (C=O) groups excluding carboxylic acids is 1. The van der Waals surface area contributed by atoms with Crippen LogP contribution in [0.2, 0.25) is 0 Å². The van der Waals surface area contributed by atoms with E-state index in [2.05, 4.69) is 10.3 Å². The summed E-state index contributed by atoms with van der Waals surface area (Å²) < 4.78 is 50.7. The molecule has 162 valence electrons. The van der Waals surface area contributed by atoms with Crippen molar-refractivity contribution in [3.63, 3.8) is 0 Å². The second-order valence-electron chi connectivity index (χ2n) is 6.82. The van der Waals surface area contributed by atoms with E-state index in [1.54, 1.807) is 19.2 Å². The number of carbonyl (C=O) groups is 1. The van der Waals surface area contributed by atoms with Crippen molar-refractivity contribution in [1.82, 2.24) is 9.29 Å². The van der Waals surface area contributed by atoms with E-state index in [0.29, 0.717) is 37.6 Å². The lowest BCUT2D eigenvalue weighted by Gasteiger charge is -2.30. The molecule has 0 aliphatic carbocycles. The minimum Gasteiger partial charge on any atom is -0.475 e. The molecule has 1 aromatic heterocycles. The maximum Gasteiger partial charge on any atom is 0.245 e. The van der Waals surface area contributed by atoms with Crippen LogP contribution in [0.25, 0.3) is 0 Å². The number of methoxy groups -OCH3 is 1. The topological polar surface area (TPSA) is 97.8 Å². The normalized spacial score (nSPS) is 15.7. The van der Waals surface area contributed by atoms with Gasteiger partial charge in [0.1, 0.15) is 17.3 Å². The molecule has 0 spiro atoms. The molecule has 30 heavy (non-hydrogen) atoms. The van der Waals surface area contributed by atoms with Gasteiger partial charge < -0.3 is 14.8 Å². The van der Waals surface area contributed by atoms with E-state index in [1.165, 1.54) is 28.7 Å². The quantitative estimate of drug-likeness (QED) is 0.637. The second kappa shape index (κ2) is 9.96. The number of benzene rings is 1. The minimum atomic E-state index is -3.92. The number of aromatic nitrogens is 1. The van der Waals surface area contributed by atoms with Crippen LogP contribution in [0.3, 0.4) is 0 Å². The van der Waals surface area contributed by atoms with Crippen LogP contribution >= 0.6 is 0 Å². The van der Waals surface area contributed by atoms with Crippen molar-refractivity contribution >= 4 is 21.6 Å². The first-order valence-electron chi connectivity index (χ1n) is 9.55. The number of anilines is 1. The monoisotopic (exact) mass is 437 g/mol. The predicted octanol–water partition coefficient (Wildman–Crippen LogP) is 2.29. The van der Waals surface area contributed by atoms with Crippen LogP contribution < -0.4 is 10.1 Å². The average molecular weight is 437 g/mol. The highest BCUT2D eigenvalue weighted by molar-refractivity contribution is 7.89. The van der Waals surface area contributed by atoms with E-state index < -0.39 is 15.8 Å². The number of pyridine rings is 1. The summed E-state index contributed by atoms with van der Waals surface area (Å²) in [6.45, 7) is 1.13. The van der Waals surface area contributed by atoms with Crippen molar-refractivity contribution < 1.29 is 27.1 Å². The maximum atomic E-state index is 13.9. The smallest absolute Gasteiger partial charge is 0.245 e. The molecule has 10 heteroatoms. The zero-order chi connectivity index (χ0) is 21.6. The van der Waals surface area contributed by atoms with Gasteiger partial charge in [0.05, 0.1) is 18.5 Å². The van der Waals surface area contributed by atoms with Gasteiger partial charge in [0.25, 0.3) is 0 Å². The molecule has 1 saturated heterocycles. The van der Waals surface area contributed by atoms with Crippen LogP contribution in [0.1, 0.15) is 12.8 Å². The molecule has 1 aromatic carbocycles. The molecule has 0 atom stereocenters. The van der Waals surface area contributed by atoms with Crippen molar-refractivity contribution in [2.24, 2.45) is 5.92 Å². The van der Waals surface area contributed by atoms with Crippen molar-refractivity contribution in [3.05, 3.63) is 48.4 Å². The number of hydrogen-bond acceptors (Lipinski definition) is 6. The number of nitrogens with zero attached hydrogens (tertiary/aromatic N) is 2. The highest BCUT2D eigenvalue weighted by Gasteiger charge is 2.33. The molecule has 1 amide bonds. The van der Waals surface area contributed by atoms with E-state index in [0.717, 1.165) is 6.07 Å². The van der Waals surface area contributed by atoms with Gasteiger partial charge in [-0.3, -0.25) is 4.79 Å². The van der Waals surface area contributed by atoms with Crippen LogP contribution in [-0.2, 0) is 19.6 Å². The molecule has 1 fully saturated rings. The van der Waals surface area contributed by atoms with Crippen LogP contribution in [0, 0.1) is 11.7 Å². The lowest BCUT2D eigenvalue weighted by molar-refractivity contribution is -0.120. The molecule has 1 aliphatic heterocycles. The summed E-state index contributed by atoms with van der Waals surface area (Å²) in [5.41, 5.74) is 0.528. The van der Waals surface area contributed by atoms with Gasteiger partial charge in [0.2, 0.25) is 21.8 Å². The van der Waals surface area contributed by atoms with Gasteiger partial charge in [-0.05, 0) is 31.0 Å². The third kappa shape index (κ3) is 5.32. The Morgan fingerprint density at radius 3 is 2.57 bits per heavy atom. The Balaban J connectivity index is 1.53. The summed E-state index contributed by atoms with van der Waals surface area (Å²) in [6.07, 6.45) is 2.20. The molecular weight excluding hydrogens is 413 g/mol. The van der Waals surface area contributed by atoms with Gasteiger partial charge in [-0.15, -0.1) is 0 Å². The van der Waals surface area contributed by atoms with Gasteiger partial charge in [-0.25, -0.2) is 17.8 Å². The first-order valence-corrected chi connectivity index (χ1v) is 11.0. The van der Waals surface area contributed by atoms with E-state index in [4.69, 9.17) is 9.47 Å². The summed E-state index contributed by atoms with van der Waals surface area (Å²) in [5, 5.41) is 2.79. The van der Waals surface area contributed by atoms with E-state index in [9.17, 15) is 17.6 Å². The van der Waals surface area contributed by atoms with E-state index in [1.807, 2.05) is 0 Å². The fourth-order valence-corrected chi connectivity index (χ4v) is 4.70. The summed E-state index contributed by atoms with van der Waals surface area (Å²) in [7, 11) is -2.34. The summed E-state index contributed by atoms with van der Waals surface area (Å²) in [4.78, 5) is 16.3. The number of amides is 1. The number of ether oxygens (including phenoxy) is 2. The van der Waals surface area contributed by atoms with Gasteiger partial charge in [0, 0.05) is 32.2 Å². The highest BCUT2D eigenvalue weighted by atomic mass is 32.2. The predicted molar refractivity (Wildman–Crippen MR) is 108 cm³/mol. The lowest BCUT2D eigenvalue weighted by Crippen LogP contribution is -2.41. The number of hydrogen-bond donors (Lipinski definition) is 1. The molecule has 1 N–H and O–H groups in total. The lowest BCUT2D eigenvalue weighted by atomic mass is 9.97. The molecule has 0 radical (unpaired) electrons. The largest absolute Gasteiger partial charge is 0.475 e. The van der Waals surface area contributed by atoms with Gasteiger partial charge in [-0.2, -0.15) is 4.31 Å². The fourth-order valence-electron chi connectivity index (χ4n) is 3.16. The van der Waals surface area contributed by atoms with E-state index >= 15 is 0 Å². The first-order chi connectivity index (χ1) is 14.4. The van der Waals surface area contributed by atoms with Crippen LogP contribution in [0.5, 0.6) is 5.88 Å². The molecule has 3 rings (SSSR count). The van der Waals surface area contributed by atoms with E-state index in [-0.39, 0.29) is 29.8 Å². The van der Waals surface area contributed by atoms with Gasteiger partial charge in [-0.1, -0.05) is 12.1 Å². The Hall–Kier alpha value is -2.56. The summed E-state index contributed by atoms with van der Waals surface area (Å²) >= 11 is 0. The highest BCUT2D eigenvalue weighted by Crippen LogP contribution is 2.26. The SMILES string of the molecule is COCCOc1ccc(NC(=O)C2CCN(S(=O)(=O)c3ccccc3F)CC2)cn1. The van der Waals surface area contributed by atoms with Crippen molar-refractivity contribution in [1.29, 1.82) is 0 Å². The minimum absolute atomic E-state index is 0.152. The third-order valence-corrected chi connectivity index (χ3v) is 6.75. The van der Waals surface area contributed by atoms with Gasteiger partial charge in [0.15, 0.2) is 0 Å². The van der Waals surface area contributed by atoms with Crippen molar-refractivity contribution in [2.45, 2.75) is 17.7 Å². The molecule has 0 saturated carbocycles. The molecule has 8 nitrogen and oxygen atoms in total. The average Bonchev–Trinajstić information content (AvgIpc) is 2.75. The van der Waals surface area contributed by atoms with Crippen LogP contribution in [0.4, 0.5) is 10.1 Å². The molecule has 2 heterocycles. The Bertz CT molecular complexity index is 961. The molecule has 1 aliphatic rings. The second-order valence-corrected chi connectivity index (χ2v) is 8.73. The number of halogens is 1. The molecule has 0 bridgehead atoms. The number of piperidine rings is 1. The van der Waals surface area contributed by atoms with Gasteiger partial charge >= 0.3 is 0 Å². The molecule has 2 aromatic rings. The summed E-state index contributed by atoms with van der Waals surface area (Å²) in [5.74, 6) is -0.890. The Morgan fingerprint density at radius 2 is 1.93 bits per heavy atom. The standard InChI is InChI=1S/C20H24FN3O5S/c1-28-12-13-29-19-7-6-16(14-22-19)23-20(25)15-8-10-24(11-9-15)30(26,27)18-5-3-2-4-17(18)21/h2-7,14-15H,8-13H2,1H3,(H,23,25). The molecule has 0 unspecified atom stereocenters. The number of nitrogens with one attached hydrogen (secondary N) is 1. The maximum absolute atomic E-state index is 13.9.